The molecule has 0 aliphatic heterocycles. The summed E-state index contributed by atoms with van der Waals surface area (Å²) >= 11 is 13.6. The third-order valence-electron chi connectivity index (χ3n) is 4.51. The average molecular weight is 407 g/mol. The Morgan fingerprint density at radius 1 is 1.19 bits per heavy atom. The number of rotatable bonds is 3. The molecule has 0 spiro atoms. The van der Waals surface area contributed by atoms with Gasteiger partial charge in [-0.2, -0.15) is 0 Å². The van der Waals surface area contributed by atoms with Crippen LogP contribution in [-0.2, 0) is 0 Å². The lowest BCUT2D eigenvalue weighted by molar-refractivity contribution is 0.0942. The summed E-state index contributed by atoms with van der Waals surface area (Å²) in [7, 11) is 0. The SMILES string of the molecule is Nc1nc(-c2ccc(Cl)cc2Cl)c2cc(C(=O)NC3CCCC3)sc2n1. The van der Waals surface area contributed by atoms with Crippen molar-refractivity contribution in [3.05, 3.63) is 39.2 Å². The first-order chi connectivity index (χ1) is 12.5. The van der Waals surface area contributed by atoms with E-state index in [1.807, 2.05) is 6.07 Å². The molecule has 3 N–H and O–H groups in total. The molecule has 1 aromatic carbocycles. The molecule has 1 saturated carbocycles. The third-order valence-corrected chi connectivity index (χ3v) is 6.09. The normalized spacial score (nSPS) is 14.8. The number of carbonyl (C=O) groups excluding carboxylic acids is 1. The van der Waals surface area contributed by atoms with Crippen LogP contribution in [0.1, 0.15) is 35.4 Å². The van der Waals surface area contributed by atoms with Gasteiger partial charge in [0.25, 0.3) is 5.91 Å². The summed E-state index contributed by atoms with van der Waals surface area (Å²) in [5, 5.41) is 4.86. The number of nitrogen functional groups attached to an aromatic ring is 1. The number of carbonyl (C=O) groups is 1. The molecule has 0 saturated heterocycles. The molecule has 134 valence electrons. The van der Waals surface area contributed by atoms with Gasteiger partial charge in [0.15, 0.2) is 0 Å². The second-order valence-electron chi connectivity index (χ2n) is 6.34. The number of halogens is 2. The fourth-order valence-corrected chi connectivity index (χ4v) is 4.70. The smallest absolute Gasteiger partial charge is 0.261 e. The van der Waals surface area contributed by atoms with Gasteiger partial charge in [-0.15, -0.1) is 11.3 Å². The maximum absolute atomic E-state index is 12.6. The largest absolute Gasteiger partial charge is 0.368 e. The predicted molar refractivity (Wildman–Crippen MR) is 107 cm³/mol. The first kappa shape index (κ1) is 17.5. The van der Waals surface area contributed by atoms with Crippen molar-refractivity contribution in [2.75, 3.05) is 5.73 Å². The minimum absolute atomic E-state index is 0.0772. The van der Waals surface area contributed by atoms with Crippen LogP contribution in [0.4, 0.5) is 5.95 Å². The number of hydrogen-bond donors (Lipinski definition) is 2. The lowest BCUT2D eigenvalue weighted by Gasteiger charge is -2.10. The van der Waals surface area contributed by atoms with Crippen LogP contribution >= 0.6 is 34.5 Å². The third kappa shape index (κ3) is 3.37. The first-order valence-electron chi connectivity index (χ1n) is 8.34. The van der Waals surface area contributed by atoms with Crippen molar-refractivity contribution in [1.82, 2.24) is 15.3 Å². The highest BCUT2D eigenvalue weighted by atomic mass is 35.5. The van der Waals surface area contributed by atoms with E-state index in [4.69, 9.17) is 28.9 Å². The molecule has 1 fully saturated rings. The number of anilines is 1. The van der Waals surface area contributed by atoms with Gasteiger partial charge in [-0.25, -0.2) is 9.97 Å². The second-order valence-corrected chi connectivity index (χ2v) is 8.21. The fourth-order valence-electron chi connectivity index (χ4n) is 3.26. The minimum Gasteiger partial charge on any atom is -0.368 e. The average Bonchev–Trinajstić information content (AvgIpc) is 3.23. The summed E-state index contributed by atoms with van der Waals surface area (Å²) in [5.74, 6) is 0.0646. The number of nitrogens with zero attached hydrogens (tertiary/aromatic N) is 2. The Labute approximate surface area is 164 Å². The summed E-state index contributed by atoms with van der Waals surface area (Å²) in [6, 6.07) is 7.26. The number of aromatic nitrogens is 2. The van der Waals surface area contributed by atoms with E-state index in [9.17, 15) is 4.79 Å². The van der Waals surface area contributed by atoms with Crippen LogP contribution in [0.5, 0.6) is 0 Å². The van der Waals surface area contributed by atoms with Gasteiger partial charge < -0.3 is 11.1 Å². The van der Waals surface area contributed by atoms with Crippen molar-refractivity contribution in [3.8, 4) is 11.3 Å². The zero-order chi connectivity index (χ0) is 18.3. The Morgan fingerprint density at radius 2 is 1.96 bits per heavy atom. The topological polar surface area (TPSA) is 80.9 Å². The number of nitrogens with two attached hydrogens (primary N) is 1. The summed E-state index contributed by atoms with van der Waals surface area (Å²) in [4.78, 5) is 22.5. The minimum atomic E-state index is -0.0772. The van der Waals surface area contributed by atoms with Crippen LogP contribution in [0.2, 0.25) is 10.0 Å². The van der Waals surface area contributed by atoms with Gasteiger partial charge in [0.05, 0.1) is 15.6 Å². The second kappa shape index (κ2) is 7.02. The van der Waals surface area contributed by atoms with Crippen LogP contribution in [0.25, 0.3) is 21.5 Å². The Hall–Kier alpha value is -1.89. The molecule has 0 unspecified atom stereocenters. The molecule has 3 aromatic rings. The number of amides is 1. The van der Waals surface area contributed by atoms with Gasteiger partial charge >= 0.3 is 0 Å². The predicted octanol–water partition coefficient (Wildman–Crippen LogP) is 4.92. The van der Waals surface area contributed by atoms with Crippen LogP contribution in [-0.4, -0.2) is 21.9 Å². The summed E-state index contributed by atoms with van der Waals surface area (Å²) in [6.07, 6.45) is 4.40. The number of hydrogen-bond acceptors (Lipinski definition) is 5. The van der Waals surface area contributed by atoms with Crippen LogP contribution in [0.3, 0.4) is 0 Å². The molecule has 4 rings (SSSR count). The van der Waals surface area contributed by atoms with Gasteiger partial charge in [-0.1, -0.05) is 36.0 Å². The molecular weight excluding hydrogens is 391 g/mol. The van der Waals surface area contributed by atoms with E-state index in [-0.39, 0.29) is 17.9 Å². The zero-order valence-electron chi connectivity index (χ0n) is 13.8. The molecule has 1 aliphatic rings. The van der Waals surface area contributed by atoms with Crippen molar-refractivity contribution < 1.29 is 4.79 Å². The summed E-state index contributed by atoms with van der Waals surface area (Å²) < 4.78 is 0. The maximum atomic E-state index is 12.6. The van der Waals surface area contributed by atoms with E-state index in [2.05, 4.69) is 15.3 Å². The van der Waals surface area contributed by atoms with Gasteiger partial charge in [0.2, 0.25) is 5.95 Å². The lowest BCUT2D eigenvalue weighted by atomic mass is 10.1. The number of nitrogens with one attached hydrogen (secondary N) is 1. The molecule has 2 aromatic heterocycles. The fraction of sp³-hybridized carbons (Fsp3) is 0.278. The van der Waals surface area contributed by atoms with E-state index in [1.54, 1.807) is 18.2 Å². The molecule has 26 heavy (non-hydrogen) atoms. The summed E-state index contributed by atoms with van der Waals surface area (Å²) in [6.45, 7) is 0. The standard InChI is InChI=1S/C18H16Cl2N4OS/c19-9-5-6-11(13(20)7-9)15-12-8-14(26-17(12)24-18(21)23-15)16(25)22-10-3-1-2-4-10/h5-8,10H,1-4H2,(H,22,25)(H2,21,23,24). The van der Waals surface area contributed by atoms with E-state index < -0.39 is 0 Å². The number of thiophene rings is 1. The monoisotopic (exact) mass is 406 g/mol. The molecule has 0 radical (unpaired) electrons. The highest BCUT2D eigenvalue weighted by Crippen LogP contribution is 2.36. The Balaban J connectivity index is 1.76. The molecule has 1 aliphatic carbocycles. The highest BCUT2D eigenvalue weighted by molar-refractivity contribution is 7.20. The van der Waals surface area contributed by atoms with Gasteiger partial charge in [0.1, 0.15) is 4.83 Å². The Kier molecular flexibility index (Phi) is 4.73. The lowest BCUT2D eigenvalue weighted by Crippen LogP contribution is -2.31. The molecule has 0 bridgehead atoms. The molecule has 8 heteroatoms. The van der Waals surface area contributed by atoms with Crippen LogP contribution in [0.15, 0.2) is 24.3 Å². The van der Waals surface area contributed by atoms with E-state index in [0.717, 1.165) is 18.2 Å². The van der Waals surface area contributed by atoms with Crippen molar-refractivity contribution in [1.29, 1.82) is 0 Å². The van der Waals surface area contributed by atoms with E-state index in [1.165, 1.54) is 24.2 Å². The maximum Gasteiger partial charge on any atom is 0.261 e. The van der Waals surface area contributed by atoms with E-state index in [0.29, 0.717) is 31.0 Å². The number of benzene rings is 1. The van der Waals surface area contributed by atoms with Crippen molar-refractivity contribution in [2.45, 2.75) is 31.7 Å². The molecular formula is C18H16Cl2N4OS. The Morgan fingerprint density at radius 3 is 2.69 bits per heavy atom. The highest BCUT2D eigenvalue weighted by Gasteiger charge is 2.21. The first-order valence-corrected chi connectivity index (χ1v) is 9.92. The van der Waals surface area contributed by atoms with Crippen molar-refractivity contribution in [2.24, 2.45) is 0 Å². The van der Waals surface area contributed by atoms with Gasteiger partial charge in [0, 0.05) is 22.0 Å². The Bertz CT molecular complexity index is 998. The van der Waals surface area contributed by atoms with Gasteiger partial charge in [-0.05, 0) is 37.1 Å². The molecule has 0 atom stereocenters. The van der Waals surface area contributed by atoms with Crippen LogP contribution < -0.4 is 11.1 Å². The van der Waals surface area contributed by atoms with Crippen molar-refractivity contribution >= 4 is 56.6 Å². The van der Waals surface area contributed by atoms with Crippen LogP contribution in [0, 0.1) is 0 Å². The zero-order valence-corrected chi connectivity index (χ0v) is 16.1. The summed E-state index contributed by atoms with van der Waals surface area (Å²) in [5.41, 5.74) is 7.18. The molecule has 2 heterocycles. The quantitative estimate of drug-likeness (QED) is 0.646. The van der Waals surface area contributed by atoms with Crippen molar-refractivity contribution in [3.63, 3.8) is 0 Å². The number of fused-ring (bicyclic) bond motifs is 1. The van der Waals surface area contributed by atoms with E-state index >= 15 is 0 Å². The molecule has 1 amide bonds. The molecule has 5 nitrogen and oxygen atoms in total. The van der Waals surface area contributed by atoms with Gasteiger partial charge in [-0.3, -0.25) is 4.79 Å².